The molecule has 3 aromatic rings. The van der Waals surface area contributed by atoms with Crippen LogP contribution in [0.3, 0.4) is 0 Å². The number of hydrogen-bond acceptors (Lipinski definition) is 3. The van der Waals surface area contributed by atoms with Gasteiger partial charge in [0, 0.05) is 20.3 Å². The first-order chi connectivity index (χ1) is 11.3. The smallest absolute Gasteiger partial charge is 0.330 e. The summed E-state index contributed by atoms with van der Waals surface area (Å²) in [7, 11) is 2.98. The van der Waals surface area contributed by atoms with Crippen molar-refractivity contribution in [2.45, 2.75) is 13.5 Å². The Labute approximate surface area is 137 Å². The van der Waals surface area contributed by atoms with E-state index in [1.165, 1.54) is 16.2 Å². The molecule has 2 heterocycles. The Balaban J connectivity index is 2.51. The second-order valence-electron chi connectivity index (χ2n) is 5.83. The van der Waals surface area contributed by atoms with Gasteiger partial charge >= 0.3 is 11.7 Å². The van der Waals surface area contributed by atoms with Gasteiger partial charge in [-0.2, -0.15) is 0 Å². The van der Waals surface area contributed by atoms with Crippen LogP contribution >= 0.6 is 0 Å². The third kappa shape index (κ3) is 2.34. The number of hydrogen-bond donors (Lipinski definition) is 1. The van der Waals surface area contributed by atoms with Crippen molar-refractivity contribution in [3.8, 4) is 11.3 Å². The fraction of sp³-hybridized carbons (Fsp3) is 0.235. The van der Waals surface area contributed by atoms with Crippen LogP contribution in [0.4, 0.5) is 0 Å². The fourth-order valence-electron chi connectivity index (χ4n) is 2.96. The number of aromatic nitrogens is 3. The van der Waals surface area contributed by atoms with Gasteiger partial charge in [-0.3, -0.25) is 18.7 Å². The maximum Gasteiger partial charge on any atom is 0.330 e. The van der Waals surface area contributed by atoms with Crippen LogP contribution in [0.5, 0.6) is 0 Å². The summed E-state index contributed by atoms with van der Waals surface area (Å²) in [5.41, 5.74) is 1.77. The first-order valence-corrected chi connectivity index (χ1v) is 7.39. The number of aryl methyl sites for hydroxylation is 2. The molecule has 0 amide bonds. The Morgan fingerprint density at radius 3 is 2.50 bits per heavy atom. The van der Waals surface area contributed by atoms with Crippen LogP contribution in [0, 0.1) is 6.92 Å². The highest BCUT2D eigenvalue weighted by molar-refractivity contribution is 5.94. The molecule has 7 nitrogen and oxygen atoms in total. The topological polar surface area (TPSA) is 86.2 Å². The van der Waals surface area contributed by atoms with Crippen LogP contribution in [0.2, 0.25) is 0 Å². The maximum absolute atomic E-state index is 12.7. The summed E-state index contributed by atoms with van der Waals surface area (Å²) in [5.74, 6) is -1.02. The molecule has 0 spiro atoms. The van der Waals surface area contributed by atoms with Crippen LogP contribution in [0.25, 0.3) is 22.2 Å². The van der Waals surface area contributed by atoms with Crippen molar-refractivity contribution in [3.63, 3.8) is 0 Å². The molecule has 1 aromatic carbocycles. The average Bonchev–Trinajstić information content (AvgIpc) is 2.89. The summed E-state index contributed by atoms with van der Waals surface area (Å²) < 4.78 is 3.89. The monoisotopic (exact) mass is 327 g/mol. The number of aliphatic carboxylic acids is 1. The largest absolute Gasteiger partial charge is 0.480 e. The van der Waals surface area contributed by atoms with E-state index in [9.17, 15) is 19.5 Å². The van der Waals surface area contributed by atoms with Crippen molar-refractivity contribution in [2.75, 3.05) is 0 Å². The quantitative estimate of drug-likeness (QED) is 0.780. The second kappa shape index (κ2) is 5.52. The summed E-state index contributed by atoms with van der Waals surface area (Å²) in [6.45, 7) is 1.62. The van der Waals surface area contributed by atoms with Gasteiger partial charge in [-0.1, -0.05) is 23.8 Å². The van der Waals surface area contributed by atoms with Crippen molar-refractivity contribution in [2.24, 2.45) is 14.1 Å². The molecule has 0 aliphatic heterocycles. The average molecular weight is 327 g/mol. The summed E-state index contributed by atoms with van der Waals surface area (Å²) in [6.07, 6.45) is 1.55. The molecule has 0 unspecified atom stereocenters. The minimum atomic E-state index is -1.02. The van der Waals surface area contributed by atoms with Crippen LogP contribution in [0.1, 0.15) is 5.56 Å². The molecule has 0 saturated heterocycles. The zero-order valence-corrected chi connectivity index (χ0v) is 13.6. The highest BCUT2D eigenvalue weighted by Gasteiger charge is 2.20. The molecular weight excluding hydrogens is 310 g/mol. The van der Waals surface area contributed by atoms with E-state index in [4.69, 9.17) is 0 Å². The maximum atomic E-state index is 12.7. The van der Waals surface area contributed by atoms with Gasteiger partial charge in [0.2, 0.25) is 0 Å². The van der Waals surface area contributed by atoms with Gasteiger partial charge in [0.25, 0.3) is 5.56 Å². The lowest BCUT2D eigenvalue weighted by Gasteiger charge is -2.08. The summed E-state index contributed by atoms with van der Waals surface area (Å²) >= 11 is 0. The third-order valence-corrected chi connectivity index (χ3v) is 4.11. The third-order valence-electron chi connectivity index (χ3n) is 4.11. The molecule has 0 aliphatic rings. The van der Waals surface area contributed by atoms with Crippen molar-refractivity contribution in [3.05, 3.63) is 56.9 Å². The van der Waals surface area contributed by atoms with Crippen LogP contribution < -0.4 is 11.2 Å². The highest BCUT2D eigenvalue weighted by Crippen LogP contribution is 2.28. The SMILES string of the molecule is Cc1cccc(-c2c3c(=O)n(C)c(=O)n(C)c3cn2CC(=O)O)c1. The fourth-order valence-corrected chi connectivity index (χ4v) is 2.96. The zero-order valence-electron chi connectivity index (χ0n) is 13.6. The molecule has 7 heteroatoms. The van der Waals surface area contributed by atoms with E-state index in [2.05, 4.69) is 0 Å². The summed E-state index contributed by atoms with van der Waals surface area (Å²) in [6, 6.07) is 7.48. The molecule has 0 aliphatic carbocycles. The van der Waals surface area contributed by atoms with Crippen LogP contribution in [-0.2, 0) is 25.4 Å². The summed E-state index contributed by atoms with van der Waals surface area (Å²) in [5, 5.41) is 9.53. The molecule has 3 rings (SSSR count). The predicted molar refractivity (Wildman–Crippen MR) is 90.2 cm³/mol. The molecule has 0 bridgehead atoms. The van der Waals surface area contributed by atoms with E-state index in [0.29, 0.717) is 16.6 Å². The number of carboxylic acids is 1. The standard InChI is InChI=1S/C17H17N3O4/c1-10-5-4-6-11(7-10)15-14-12(8-20(15)9-13(21)22)18(2)17(24)19(3)16(14)23/h4-8H,9H2,1-3H3,(H,21,22). The van der Waals surface area contributed by atoms with E-state index in [1.54, 1.807) is 13.2 Å². The normalized spacial score (nSPS) is 11.1. The van der Waals surface area contributed by atoms with Crippen LogP contribution in [-0.4, -0.2) is 24.8 Å². The van der Waals surface area contributed by atoms with Gasteiger partial charge in [0.15, 0.2) is 0 Å². The van der Waals surface area contributed by atoms with Gasteiger partial charge in [-0.05, 0) is 18.6 Å². The number of carbonyl (C=O) groups is 1. The molecule has 24 heavy (non-hydrogen) atoms. The number of carboxylic acid groups (broad SMARTS) is 1. The van der Waals surface area contributed by atoms with Gasteiger partial charge in [0.1, 0.15) is 6.54 Å². The Morgan fingerprint density at radius 1 is 1.17 bits per heavy atom. The van der Waals surface area contributed by atoms with Crippen LogP contribution in [0.15, 0.2) is 40.1 Å². The number of rotatable bonds is 3. The Morgan fingerprint density at radius 2 is 1.88 bits per heavy atom. The van der Waals surface area contributed by atoms with E-state index < -0.39 is 17.2 Å². The van der Waals surface area contributed by atoms with Crippen molar-refractivity contribution < 1.29 is 9.90 Å². The van der Waals surface area contributed by atoms with E-state index >= 15 is 0 Å². The lowest BCUT2D eigenvalue weighted by atomic mass is 10.1. The lowest BCUT2D eigenvalue weighted by Crippen LogP contribution is -2.36. The molecule has 0 atom stereocenters. The Bertz CT molecular complexity index is 1090. The molecule has 124 valence electrons. The van der Waals surface area contributed by atoms with Crippen molar-refractivity contribution in [1.29, 1.82) is 0 Å². The number of fused-ring (bicyclic) bond motifs is 1. The van der Waals surface area contributed by atoms with E-state index in [1.807, 2.05) is 31.2 Å². The second-order valence-corrected chi connectivity index (χ2v) is 5.83. The van der Waals surface area contributed by atoms with Gasteiger partial charge in [-0.15, -0.1) is 0 Å². The Hall–Kier alpha value is -3.09. The van der Waals surface area contributed by atoms with Crippen molar-refractivity contribution in [1.82, 2.24) is 13.7 Å². The molecule has 2 aromatic heterocycles. The highest BCUT2D eigenvalue weighted by atomic mass is 16.4. The molecule has 0 radical (unpaired) electrons. The molecule has 0 fully saturated rings. The number of nitrogens with zero attached hydrogens (tertiary/aromatic N) is 3. The van der Waals surface area contributed by atoms with Crippen molar-refractivity contribution >= 4 is 16.9 Å². The van der Waals surface area contributed by atoms with E-state index in [-0.39, 0.29) is 6.54 Å². The van der Waals surface area contributed by atoms with Gasteiger partial charge < -0.3 is 9.67 Å². The molecule has 1 N–H and O–H groups in total. The Kier molecular flexibility index (Phi) is 3.63. The van der Waals surface area contributed by atoms with Gasteiger partial charge in [-0.25, -0.2) is 4.79 Å². The minimum absolute atomic E-state index is 0.296. The summed E-state index contributed by atoms with van der Waals surface area (Å²) in [4.78, 5) is 36.0. The zero-order chi connectivity index (χ0) is 17.6. The molecular formula is C17H17N3O4. The first kappa shape index (κ1) is 15.8. The first-order valence-electron chi connectivity index (χ1n) is 7.39. The minimum Gasteiger partial charge on any atom is -0.480 e. The van der Waals surface area contributed by atoms with E-state index in [0.717, 1.165) is 15.7 Å². The predicted octanol–water partition coefficient (Wildman–Crippen LogP) is 1.10. The lowest BCUT2D eigenvalue weighted by molar-refractivity contribution is -0.137. The number of benzene rings is 1. The van der Waals surface area contributed by atoms with Gasteiger partial charge in [0.05, 0.1) is 16.6 Å². The molecule has 0 saturated carbocycles.